The lowest BCUT2D eigenvalue weighted by molar-refractivity contribution is -0.121. The molecule has 1 aliphatic heterocycles. The molecular weight excluding hydrogens is 341 g/mol. The second-order valence-corrected chi connectivity index (χ2v) is 6.47. The quantitative estimate of drug-likeness (QED) is 0.879. The molecule has 1 heterocycles. The van der Waals surface area contributed by atoms with Crippen molar-refractivity contribution < 1.29 is 14.0 Å². The fraction of sp³-hybridized carbons (Fsp3) is 0.400. The van der Waals surface area contributed by atoms with Crippen molar-refractivity contribution in [2.45, 2.75) is 25.5 Å². The van der Waals surface area contributed by atoms with Crippen LogP contribution in [0.15, 0.2) is 23.2 Å². The summed E-state index contributed by atoms with van der Waals surface area (Å²) in [6, 6.07) is 3.92. The van der Waals surface area contributed by atoms with Crippen LogP contribution in [0, 0.1) is 5.82 Å². The number of benzene rings is 1. The van der Waals surface area contributed by atoms with Gasteiger partial charge in [-0.2, -0.15) is 4.99 Å². The van der Waals surface area contributed by atoms with Crippen LogP contribution in [-0.4, -0.2) is 40.2 Å². The number of hydrogen-bond acceptors (Lipinski definition) is 4. The molecule has 1 N–H and O–H groups in total. The van der Waals surface area contributed by atoms with Gasteiger partial charge >= 0.3 is 0 Å². The van der Waals surface area contributed by atoms with E-state index in [1.807, 2.05) is 18.7 Å². The molecule has 2 rings (SSSR count). The molecule has 0 saturated heterocycles. The molecule has 0 aliphatic carbocycles. The fourth-order valence-corrected chi connectivity index (χ4v) is 3.47. The number of carbonyl (C=O) groups is 2. The number of amidine groups is 1. The van der Waals surface area contributed by atoms with E-state index in [0.717, 1.165) is 13.1 Å². The van der Waals surface area contributed by atoms with E-state index < -0.39 is 11.1 Å². The Morgan fingerprint density at radius 3 is 2.74 bits per heavy atom. The topological polar surface area (TPSA) is 61.8 Å². The smallest absolute Gasteiger partial charge is 0.262 e. The van der Waals surface area contributed by atoms with Crippen LogP contribution in [0.5, 0.6) is 0 Å². The average molecular weight is 358 g/mol. The minimum absolute atomic E-state index is 0.00671. The summed E-state index contributed by atoms with van der Waals surface area (Å²) >= 11 is 6.97. The van der Waals surface area contributed by atoms with E-state index in [1.165, 1.54) is 30.0 Å². The molecule has 23 heavy (non-hydrogen) atoms. The minimum Gasteiger partial charge on any atom is -0.352 e. The van der Waals surface area contributed by atoms with Crippen LogP contribution in [0.2, 0.25) is 5.02 Å². The Hall–Kier alpha value is -1.60. The van der Waals surface area contributed by atoms with Gasteiger partial charge in [-0.1, -0.05) is 23.4 Å². The van der Waals surface area contributed by atoms with Gasteiger partial charge in [0.2, 0.25) is 5.91 Å². The van der Waals surface area contributed by atoms with Crippen molar-refractivity contribution in [3.63, 3.8) is 0 Å². The molecule has 1 aromatic rings. The second-order valence-electron chi connectivity index (χ2n) is 4.89. The summed E-state index contributed by atoms with van der Waals surface area (Å²) in [6.45, 7) is 5.47. The van der Waals surface area contributed by atoms with E-state index in [9.17, 15) is 14.0 Å². The summed E-state index contributed by atoms with van der Waals surface area (Å²) in [5.74, 6) is -1.19. The van der Waals surface area contributed by atoms with Gasteiger partial charge < -0.3 is 10.2 Å². The molecule has 0 bridgehead atoms. The summed E-state index contributed by atoms with van der Waals surface area (Å²) in [5.41, 5.74) is 0.390. The Bertz CT molecular complexity index is 650. The number of halogens is 2. The molecule has 1 aliphatic rings. The largest absolute Gasteiger partial charge is 0.352 e. The maximum Gasteiger partial charge on any atom is 0.262 e. The van der Waals surface area contributed by atoms with Crippen molar-refractivity contribution >= 4 is 46.0 Å². The molecule has 5 nitrogen and oxygen atoms in total. The summed E-state index contributed by atoms with van der Waals surface area (Å²) in [7, 11) is 0. The summed E-state index contributed by atoms with van der Waals surface area (Å²) in [4.78, 5) is 30.0. The Morgan fingerprint density at radius 2 is 2.13 bits per heavy atom. The van der Waals surface area contributed by atoms with E-state index in [-0.39, 0.29) is 23.3 Å². The summed E-state index contributed by atoms with van der Waals surface area (Å²) in [6.07, 6.45) is 0.00671. The van der Waals surface area contributed by atoms with E-state index in [0.29, 0.717) is 10.9 Å². The van der Waals surface area contributed by atoms with Gasteiger partial charge in [-0.3, -0.25) is 9.59 Å². The Morgan fingerprint density at radius 1 is 1.43 bits per heavy atom. The van der Waals surface area contributed by atoms with E-state index >= 15 is 0 Å². The molecular formula is C15H17ClFN3O2S. The molecule has 0 aromatic heterocycles. The highest BCUT2D eigenvalue weighted by Gasteiger charge is 2.32. The first-order chi connectivity index (χ1) is 10.9. The van der Waals surface area contributed by atoms with E-state index in [2.05, 4.69) is 10.3 Å². The molecule has 0 unspecified atom stereocenters. The van der Waals surface area contributed by atoms with Crippen LogP contribution in [-0.2, 0) is 9.59 Å². The Kier molecular flexibility index (Phi) is 6.01. The number of hydrogen-bond donors (Lipinski definition) is 1. The average Bonchev–Trinajstić information content (AvgIpc) is 2.85. The number of carbonyl (C=O) groups excluding carboxylic acids is 2. The van der Waals surface area contributed by atoms with Crippen LogP contribution in [0.4, 0.5) is 10.1 Å². The standard InChI is InChI=1S/C15H17ClFN3O2S/c1-3-20(4-2)15-19-14(22)12(23-15)8-13(21)18-9-5-6-11(17)10(16)7-9/h5-7,12H,3-4,8H2,1-2H3,(H,18,21)/t12-/m1/s1. The van der Waals surface area contributed by atoms with Crippen molar-refractivity contribution in [1.29, 1.82) is 0 Å². The number of nitrogens with zero attached hydrogens (tertiary/aromatic N) is 2. The minimum atomic E-state index is -0.552. The zero-order chi connectivity index (χ0) is 17.0. The molecule has 1 aromatic carbocycles. The number of anilines is 1. The maximum absolute atomic E-state index is 13.1. The van der Waals surface area contributed by atoms with Crippen LogP contribution >= 0.6 is 23.4 Å². The van der Waals surface area contributed by atoms with E-state index in [4.69, 9.17) is 11.6 Å². The molecule has 0 spiro atoms. The second kappa shape index (κ2) is 7.79. The molecule has 1 atom stereocenters. The zero-order valence-corrected chi connectivity index (χ0v) is 14.4. The lowest BCUT2D eigenvalue weighted by Gasteiger charge is -2.19. The molecule has 0 radical (unpaired) electrons. The van der Waals surface area contributed by atoms with Crippen LogP contribution in [0.25, 0.3) is 0 Å². The van der Waals surface area contributed by atoms with E-state index in [1.54, 1.807) is 0 Å². The van der Waals surface area contributed by atoms with Gasteiger partial charge in [0.25, 0.3) is 5.91 Å². The van der Waals surface area contributed by atoms with Crippen LogP contribution in [0.1, 0.15) is 20.3 Å². The highest BCUT2D eigenvalue weighted by atomic mass is 35.5. The van der Waals surface area contributed by atoms with Gasteiger partial charge in [-0.15, -0.1) is 0 Å². The third-order valence-electron chi connectivity index (χ3n) is 3.34. The number of nitrogens with one attached hydrogen (secondary N) is 1. The van der Waals surface area contributed by atoms with Crippen molar-refractivity contribution in [2.24, 2.45) is 4.99 Å². The SMILES string of the molecule is CCN(CC)C1=NC(=O)[C@@H](CC(=O)Nc2ccc(F)c(Cl)c2)S1. The highest BCUT2D eigenvalue weighted by Crippen LogP contribution is 2.27. The Balaban J connectivity index is 1.94. The third-order valence-corrected chi connectivity index (χ3v) is 4.84. The summed E-state index contributed by atoms with van der Waals surface area (Å²) in [5, 5.41) is 2.67. The highest BCUT2D eigenvalue weighted by molar-refractivity contribution is 8.15. The molecule has 0 saturated carbocycles. The first-order valence-corrected chi connectivity index (χ1v) is 8.49. The van der Waals surface area contributed by atoms with Gasteiger partial charge in [0, 0.05) is 25.2 Å². The summed E-state index contributed by atoms with van der Waals surface area (Å²) < 4.78 is 13.1. The van der Waals surface area contributed by atoms with Gasteiger partial charge in [0.15, 0.2) is 5.17 Å². The number of rotatable bonds is 5. The maximum atomic E-state index is 13.1. The van der Waals surface area contributed by atoms with Crippen LogP contribution in [0.3, 0.4) is 0 Å². The third kappa shape index (κ3) is 4.45. The predicted molar refractivity (Wildman–Crippen MR) is 91.4 cm³/mol. The van der Waals surface area contributed by atoms with Gasteiger partial charge in [0.1, 0.15) is 11.1 Å². The predicted octanol–water partition coefficient (Wildman–Crippen LogP) is 3.15. The number of aliphatic imine (C=N–C) groups is 1. The fourth-order valence-electron chi connectivity index (χ4n) is 2.09. The molecule has 124 valence electrons. The van der Waals surface area contributed by atoms with Crippen molar-refractivity contribution in [2.75, 3.05) is 18.4 Å². The molecule has 0 fully saturated rings. The zero-order valence-electron chi connectivity index (χ0n) is 12.8. The van der Waals surface area contributed by atoms with Crippen LogP contribution < -0.4 is 5.32 Å². The lowest BCUT2D eigenvalue weighted by atomic mass is 10.2. The van der Waals surface area contributed by atoms with Gasteiger partial charge in [0.05, 0.1) is 5.02 Å². The lowest BCUT2D eigenvalue weighted by Crippen LogP contribution is -2.27. The van der Waals surface area contributed by atoms with Crippen molar-refractivity contribution in [3.8, 4) is 0 Å². The molecule has 8 heteroatoms. The monoisotopic (exact) mass is 357 g/mol. The first-order valence-electron chi connectivity index (χ1n) is 7.23. The molecule has 2 amide bonds. The van der Waals surface area contributed by atoms with Crippen molar-refractivity contribution in [3.05, 3.63) is 29.0 Å². The normalized spacial score (nSPS) is 17.1. The van der Waals surface area contributed by atoms with Gasteiger partial charge in [-0.25, -0.2) is 4.39 Å². The first kappa shape index (κ1) is 17.7. The number of amides is 2. The Labute approximate surface area is 143 Å². The van der Waals surface area contributed by atoms with Crippen molar-refractivity contribution in [1.82, 2.24) is 4.90 Å². The number of thioether (sulfide) groups is 1. The van der Waals surface area contributed by atoms with Gasteiger partial charge in [-0.05, 0) is 32.0 Å².